The third-order valence-corrected chi connectivity index (χ3v) is 1.99. The van der Waals surface area contributed by atoms with Crippen LogP contribution in [-0.4, -0.2) is 0 Å². The van der Waals surface area contributed by atoms with Crippen molar-refractivity contribution in [2.75, 3.05) is 0 Å². The highest BCUT2D eigenvalue weighted by atomic mass is 35.5. The summed E-state index contributed by atoms with van der Waals surface area (Å²) in [6, 6.07) is 4.42. The van der Waals surface area contributed by atoms with Gasteiger partial charge in [-0.05, 0) is 17.7 Å². The summed E-state index contributed by atoms with van der Waals surface area (Å²) in [5, 5.41) is 0. The fourth-order valence-corrected chi connectivity index (χ4v) is 1.11. The molecule has 0 aliphatic carbocycles. The third-order valence-electron chi connectivity index (χ3n) is 1.49. The second-order valence-electron chi connectivity index (χ2n) is 2.42. The molecule has 1 aromatic rings. The molecule has 72 valence electrons. The van der Waals surface area contributed by atoms with Gasteiger partial charge in [-0.15, -0.1) is 23.2 Å². The maximum absolute atomic E-state index is 12.1. The van der Waals surface area contributed by atoms with Crippen molar-refractivity contribution in [2.45, 2.75) is 11.0 Å². The minimum absolute atomic E-state index is 0.455. The summed E-state index contributed by atoms with van der Waals surface area (Å²) >= 11 is 10.9. The molecule has 0 amide bonds. The van der Waals surface area contributed by atoms with Crippen LogP contribution in [0, 0.1) is 0 Å². The maximum atomic E-state index is 12.1. The maximum Gasteiger partial charge on any atom is 0.416 e. The minimum atomic E-state index is -4.31. The molecule has 0 heterocycles. The van der Waals surface area contributed by atoms with Crippen molar-refractivity contribution < 1.29 is 13.2 Å². The number of benzene rings is 1. The van der Waals surface area contributed by atoms with Crippen molar-refractivity contribution in [2.24, 2.45) is 0 Å². The lowest BCUT2D eigenvalue weighted by molar-refractivity contribution is -0.137. The number of hydrogen-bond acceptors (Lipinski definition) is 0. The Morgan fingerprint density at radius 3 is 1.77 bits per heavy atom. The first-order valence-corrected chi connectivity index (χ1v) is 4.24. The van der Waals surface area contributed by atoms with E-state index in [2.05, 4.69) is 0 Å². The molecular formula is C8H5Cl2F3. The molecule has 13 heavy (non-hydrogen) atoms. The van der Waals surface area contributed by atoms with E-state index in [4.69, 9.17) is 23.2 Å². The zero-order chi connectivity index (χ0) is 10.1. The summed E-state index contributed by atoms with van der Waals surface area (Å²) in [5.41, 5.74) is -0.249. The van der Waals surface area contributed by atoms with Gasteiger partial charge in [0.15, 0.2) is 0 Å². The van der Waals surface area contributed by atoms with Crippen LogP contribution in [0.5, 0.6) is 0 Å². The fourth-order valence-electron chi connectivity index (χ4n) is 0.818. The van der Waals surface area contributed by atoms with Gasteiger partial charge in [-0.1, -0.05) is 12.1 Å². The van der Waals surface area contributed by atoms with Crippen LogP contribution < -0.4 is 0 Å². The summed E-state index contributed by atoms with van der Waals surface area (Å²) in [6.07, 6.45) is -4.31. The Morgan fingerprint density at radius 1 is 1.00 bits per heavy atom. The fraction of sp³-hybridized carbons (Fsp3) is 0.250. The SMILES string of the molecule is FC(F)(F)c1ccc(C(Cl)Cl)cc1. The van der Waals surface area contributed by atoms with Gasteiger partial charge < -0.3 is 0 Å². The van der Waals surface area contributed by atoms with Gasteiger partial charge in [-0.25, -0.2) is 0 Å². The number of rotatable bonds is 1. The van der Waals surface area contributed by atoms with E-state index < -0.39 is 16.6 Å². The van der Waals surface area contributed by atoms with Gasteiger partial charge in [-0.2, -0.15) is 13.2 Å². The van der Waals surface area contributed by atoms with Gasteiger partial charge in [0.1, 0.15) is 4.84 Å². The molecule has 0 saturated heterocycles. The van der Waals surface area contributed by atoms with Crippen LogP contribution in [0.4, 0.5) is 13.2 Å². The Bertz CT molecular complexity index is 276. The number of hydrogen-bond donors (Lipinski definition) is 0. The lowest BCUT2D eigenvalue weighted by Crippen LogP contribution is -2.04. The predicted octanol–water partition coefficient (Wildman–Crippen LogP) is 4.18. The Labute approximate surface area is 83.3 Å². The van der Waals surface area contributed by atoms with E-state index in [-0.39, 0.29) is 0 Å². The summed E-state index contributed by atoms with van der Waals surface area (Å²) in [5.74, 6) is 0. The average Bonchev–Trinajstić information content (AvgIpc) is 2.03. The second kappa shape index (κ2) is 3.76. The van der Waals surface area contributed by atoms with Gasteiger partial charge >= 0.3 is 6.18 Å². The molecule has 5 heteroatoms. The Hall–Kier alpha value is -0.410. The van der Waals surface area contributed by atoms with Crippen LogP contribution in [0.3, 0.4) is 0 Å². The van der Waals surface area contributed by atoms with E-state index >= 15 is 0 Å². The molecule has 0 unspecified atom stereocenters. The monoisotopic (exact) mass is 228 g/mol. The highest BCUT2D eigenvalue weighted by Crippen LogP contribution is 2.31. The summed E-state index contributed by atoms with van der Waals surface area (Å²) in [4.78, 5) is -0.790. The highest BCUT2D eigenvalue weighted by Gasteiger charge is 2.30. The van der Waals surface area contributed by atoms with Crippen LogP contribution in [0.2, 0.25) is 0 Å². The summed E-state index contributed by atoms with van der Waals surface area (Å²) in [6.45, 7) is 0. The predicted molar refractivity (Wildman–Crippen MR) is 45.9 cm³/mol. The quantitative estimate of drug-likeness (QED) is 0.633. The van der Waals surface area contributed by atoms with Crippen LogP contribution in [-0.2, 0) is 6.18 Å². The van der Waals surface area contributed by atoms with Crippen LogP contribution >= 0.6 is 23.2 Å². The zero-order valence-corrected chi connectivity index (χ0v) is 7.79. The molecule has 1 aromatic carbocycles. The lowest BCUT2D eigenvalue weighted by atomic mass is 10.1. The molecule has 0 atom stereocenters. The van der Waals surface area contributed by atoms with Crippen LogP contribution in [0.25, 0.3) is 0 Å². The van der Waals surface area contributed by atoms with Gasteiger partial charge in [0.2, 0.25) is 0 Å². The smallest absolute Gasteiger partial charge is 0.166 e. The van der Waals surface area contributed by atoms with Gasteiger partial charge in [0, 0.05) is 0 Å². The van der Waals surface area contributed by atoms with E-state index in [0.29, 0.717) is 5.56 Å². The first kappa shape index (κ1) is 10.7. The van der Waals surface area contributed by atoms with Gasteiger partial charge in [0.25, 0.3) is 0 Å². The Morgan fingerprint density at radius 2 is 1.46 bits per heavy atom. The highest BCUT2D eigenvalue weighted by molar-refractivity contribution is 6.44. The average molecular weight is 229 g/mol. The zero-order valence-electron chi connectivity index (χ0n) is 6.28. The molecule has 0 saturated carbocycles. The van der Waals surface area contributed by atoms with E-state index in [1.807, 2.05) is 0 Å². The van der Waals surface area contributed by atoms with E-state index in [1.54, 1.807) is 0 Å². The molecule has 0 radical (unpaired) electrons. The molecule has 0 aliphatic rings. The van der Waals surface area contributed by atoms with Crippen molar-refractivity contribution in [1.82, 2.24) is 0 Å². The molecule has 0 bridgehead atoms. The molecule has 0 nitrogen and oxygen atoms in total. The molecule has 0 fully saturated rings. The van der Waals surface area contributed by atoms with E-state index in [9.17, 15) is 13.2 Å². The second-order valence-corrected chi connectivity index (χ2v) is 3.52. The first-order valence-electron chi connectivity index (χ1n) is 3.36. The minimum Gasteiger partial charge on any atom is -0.166 e. The standard InChI is InChI=1S/C8H5Cl2F3/c9-7(10)5-1-3-6(4-2-5)8(11,12)13/h1-4,7H. The summed E-state index contributed by atoms with van der Waals surface area (Å²) < 4.78 is 36.2. The van der Waals surface area contributed by atoms with Crippen molar-refractivity contribution >= 4 is 23.2 Å². The van der Waals surface area contributed by atoms with Crippen molar-refractivity contribution in [3.05, 3.63) is 35.4 Å². The largest absolute Gasteiger partial charge is 0.416 e. The topological polar surface area (TPSA) is 0 Å². The molecule has 0 spiro atoms. The van der Waals surface area contributed by atoms with E-state index in [0.717, 1.165) is 12.1 Å². The first-order chi connectivity index (χ1) is 5.91. The van der Waals surface area contributed by atoms with Crippen LogP contribution in [0.15, 0.2) is 24.3 Å². The molecule has 0 aromatic heterocycles. The summed E-state index contributed by atoms with van der Waals surface area (Å²) in [7, 11) is 0. The van der Waals surface area contributed by atoms with Crippen molar-refractivity contribution in [3.8, 4) is 0 Å². The van der Waals surface area contributed by atoms with Crippen molar-refractivity contribution in [1.29, 1.82) is 0 Å². The lowest BCUT2D eigenvalue weighted by Gasteiger charge is -2.07. The number of alkyl halides is 5. The molecular weight excluding hydrogens is 224 g/mol. The molecule has 0 N–H and O–H groups in total. The van der Waals surface area contributed by atoms with E-state index in [1.165, 1.54) is 12.1 Å². The normalized spacial score (nSPS) is 12.2. The Kier molecular flexibility index (Phi) is 3.09. The van der Waals surface area contributed by atoms with Crippen molar-refractivity contribution in [3.63, 3.8) is 0 Å². The Balaban J connectivity index is 2.94. The van der Waals surface area contributed by atoms with Crippen LogP contribution in [0.1, 0.15) is 16.0 Å². The third kappa shape index (κ3) is 2.78. The molecule has 1 rings (SSSR count). The van der Waals surface area contributed by atoms with Gasteiger partial charge in [0.05, 0.1) is 5.56 Å². The van der Waals surface area contributed by atoms with Gasteiger partial charge in [-0.3, -0.25) is 0 Å². The number of halogens is 5. The molecule has 0 aliphatic heterocycles.